The van der Waals surface area contributed by atoms with Gasteiger partial charge in [-0.3, -0.25) is 4.79 Å². The summed E-state index contributed by atoms with van der Waals surface area (Å²) in [5.41, 5.74) is 1.24. The molecular weight excluding hydrogens is 400 g/mol. The summed E-state index contributed by atoms with van der Waals surface area (Å²) in [7, 11) is 1.97. The number of rotatable bonds is 2. The van der Waals surface area contributed by atoms with Crippen molar-refractivity contribution in [2.75, 3.05) is 7.05 Å². The van der Waals surface area contributed by atoms with E-state index in [-0.39, 0.29) is 28.9 Å². The van der Waals surface area contributed by atoms with E-state index in [1.165, 1.54) is 6.42 Å². The summed E-state index contributed by atoms with van der Waals surface area (Å²) in [6.45, 7) is 6.76. The maximum absolute atomic E-state index is 12.7. The number of nitrogens with one attached hydrogen (secondary N) is 1. The lowest BCUT2D eigenvalue weighted by molar-refractivity contribution is -0.138. The molecule has 7 atom stereocenters. The highest BCUT2D eigenvalue weighted by atomic mass is 16.6. The summed E-state index contributed by atoms with van der Waals surface area (Å²) in [4.78, 5) is 26.9. The summed E-state index contributed by atoms with van der Waals surface area (Å²) >= 11 is 0. The number of fused-ring (bicyclic) bond motifs is 5. The van der Waals surface area contributed by atoms with Crippen LogP contribution < -0.4 is 10.1 Å². The van der Waals surface area contributed by atoms with Gasteiger partial charge in [0.25, 0.3) is 0 Å². The predicted octanol–water partition coefficient (Wildman–Crippen LogP) is 5.09. The van der Waals surface area contributed by atoms with Crippen LogP contribution in [0, 0.1) is 35.5 Å². The molecule has 0 unspecified atom stereocenters. The molecular formula is C27H36N2O3. The Morgan fingerprint density at radius 3 is 2.72 bits per heavy atom. The van der Waals surface area contributed by atoms with Crippen molar-refractivity contribution in [3.8, 4) is 5.75 Å². The van der Waals surface area contributed by atoms with Gasteiger partial charge in [-0.25, -0.2) is 4.79 Å². The third kappa shape index (κ3) is 3.27. The minimum Gasteiger partial charge on any atom is -0.410 e. The second kappa shape index (κ2) is 7.64. The van der Waals surface area contributed by atoms with E-state index >= 15 is 0 Å². The van der Waals surface area contributed by atoms with E-state index in [4.69, 9.17) is 4.74 Å². The maximum Gasteiger partial charge on any atom is 0.412 e. The Balaban J connectivity index is 1.31. The van der Waals surface area contributed by atoms with E-state index < -0.39 is 0 Å². The molecule has 0 bridgehead atoms. The number of hydrogen-bond donors (Lipinski definition) is 1. The Hall–Kier alpha value is -2.30. The van der Waals surface area contributed by atoms with Crippen molar-refractivity contribution in [2.24, 2.45) is 28.6 Å². The number of nitrogens with zero attached hydrogens (tertiary/aromatic N) is 1. The zero-order valence-electron chi connectivity index (χ0n) is 19.8. The Labute approximate surface area is 191 Å². The molecule has 5 rings (SSSR count). The third-order valence-corrected chi connectivity index (χ3v) is 9.62. The Bertz CT molecular complexity index is 958. The van der Waals surface area contributed by atoms with Crippen LogP contribution in [-0.2, 0) is 4.79 Å². The van der Waals surface area contributed by atoms with Crippen molar-refractivity contribution in [1.82, 2.24) is 10.2 Å². The zero-order chi connectivity index (χ0) is 22.7. The van der Waals surface area contributed by atoms with Crippen molar-refractivity contribution in [2.45, 2.75) is 71.4 Å². The third-order valence-electron chi connectivity index (χ3n) is 9.62. The summed E-state index contributed by atoms with van der Waals surface area (Å²) in [5, 5.41) is 3.23. The molecule has 1 aliphatic heterocycles. The first-order valence-corrected chi connectivity index (χ1v) is 12.2. The molecule has 0 saturated heterocycles. The molecule has 2 amide bonds. The molecule has 1 N–H and O–H groups in total. The first-order chi connectivity index (χ1) is 15.2. The number of carbonyl (C=O) groups excluding carboxylic acids is 2. The van der Waals surface area contributed by atoms with Crippen LogP contribution in [0.25, 0.3) is 0 Å². The summed E-state index contributed by atoms with van der Waals surface area (Å²) in [5.74, 6) is 2.60. The molecule has 0 aromatic heterocycles. The maximum atomic E-state index is 12.7. The highest BCUT2D eigenvalue weighted by molar-refractivity contribution is 5.89. The number of hydrogen-bond acceptors (Lipinski definition) is 3. The number of carbonyl (C=O) groups is 2. The molecule has 1 aromatic carbocycles. The smallest absolute Gasteiger partial charge is 0.410 e. The summed E-state index contributed by atoms with van der Waals surface area (Å²) < 4.78 is 5.60. The largest absolute Gasteiger partial charge is 0.412 e. The second-order valence-electron chi connectivity index (χ2n) is 11.1. The fraction of sp³-hybridized carbons (Fsp3) is 0.630. The van der Waals surface area contributed by atoms with E-state index in [1.54, 1.807) is 6.08 Å². The van der Waals surface area contributed by atoms with Gasteiger partial charge in [-0.15, -0.1) is 0 Å². The van der Waals surface area contributed by atoms with Crippen molar-refractivity contribution in [3.05, 3.63) is 42.0 Å². The van der Waals surface area contributed by atoms with Crippen LogP contribution in [0.4, 0.5) is 4.79 Å². The quantitative estimate of drug-likeness (QED) is 0.702. The number of aryl methyl sites for hydroxylation is 1. The summed E-state index contributed by atoms with van der Waals surface area (Å²) in [6, 6.07) is 8.09. The summed E-state index contributed by atoms with van der Waals surface area (Å²) in [6.07, 6.45) is 10.4. The fourth-order valence-corrected chi connectivity index (χ4v) is 7.93. The van der Waals surface area contributed by atoms with Gasteiger partial charge in [-0.1, -0.05) is 32.1 Å². The molecule has 0 spiro atoms. The standard InChI is InChI=1S/C27H36N2O3/c1-17-6-5-7-18(16-17)32-25(31)28-22-10-9-20-19-8-11-23-27(3,15-13-24(30)29(23)4)21(19)12-14-26(20,22)2/h5-7,13,15-16,19-23H,8-12,14H2,1-4H3,(H,28,31)/t19-,20-,21-,22-,23+,26-,27+/m0/s1. The topological polar surface area (TPSA) is 58.6 Å². The lowest BCUT2D eigenvalue weighted by Crippen LogP contribution is -2.60. The predicted molar refractivity (Wildman–Crippen MR) is 124 cm³/mol. The molecule has 1 heterocycles. The van der Waals surface area contributed by atoms with Crippen LogP contribution in [-0.4, -0.2) is 36.0 Å². The molecule has 3 saturated carbocycles. The minimum absolute atomic E-state index is 0.0581. The van der Waals surface area contributed by atoms with Gasteiger partial charge in [0.2, 0.25) is 5.91 Å². The van der Waals surface area contributed by atoms with Gasteiger partial charge in [0.15, 0.2) is 0 Å². The van der Waals surface area contributed by atoms with Gasteiger partial charge in [0.1, 0.15) is 5.75 Å². The van der Waals surface area contributed by atoms with E-state index in [2.05, 4.69) is 25.2 Å². The van der Waals surface area contributed by atoms with Crippen LogP contribution in [0.15, 0.2) is 36.4 Å². The minimum atomic E-state index is -0.337. The van der Waals surface area contributed by atoms with Crippen molar-refractivity contribution in [3.63, 3.8) is 0 Å². The van der Waals surface area contributed by atoms with E-state index in [9.17, 15) is 9.59 Å². The monoisotopic (exact) mass is 436 g/mol. The van der Waals surface area contributed by atoms with E-state index in [0.29, 0.717) is 29.5 Å². The van der Waals surface area contributed by atoms with Gasteiger partial charge in [-0.2, -0.15) is 0 Å². The molecule has 5 heteroatoms. The van der Waals surface area contributed by atoms with Crippen molar-refractivity contribution >= 4 is 12.0 Å². The van der Waals surface area contributed by atoms with Crippen LogP contribution in [0.2, 0.25) is 0 Å². The highest BCUT2D eigenvalue weighted by Crippen LogP contribution is 2.63. The molecule has 3 aliphatic carbocycles. The van der Waals surface area contributed by atoms with Crippen LogP contribution in [0.5, 0.6) is 5.75 Å². The molecule has 0 radical (unpaired) electrons. The molecule has 4 aliphatic rings. The molecule has 3 fully saturated rings. The Morgan fingerprint density at radius 1 is 1.12 bits per heavy atom. The molecule has 32 heavy (non-hydrogen) atoms. The lowest BCUT2D eigenvalue weighted by Gasteiger charge is -2.60. The second-order valence-corrected chi connectivity index (χ2v) is 11.1. The Kier molecular flexibility index (Phi) is 5.14. The van der Waals surface area contributed by atoms with Crippen LogP contribution in [0.3, 0.4) is 0 Å². The van der Waals surface area contributed by atoms with Gasteiger partial charge in [0, 0.05) is 24.5 Å². The number of likely N-dealkylation sites (N-methyl/N-ethyl adjacent to an activating group) is 1. The number of ether oxygens (including phenoxy) is 1. The molecule has 1 aromatic rings. The first-order valence-electron chi connectivity index (χ1n) is 12.2. The normalized spacial score (nSPS) is 40.3. The van der Waals surface area contributed by atoms with Gasteiger partial charge in [-0.05, 0) is 92.4 Å². The van der Waals surface area contributed by atoms with Crippen LogP contribution >= 0.6 is 0 Å². The first kappa shape index (κ1) is 21.5. The van der Waals surface area contributed by atoms with Crippen LogP contribution in [0.1, 0.15) is 57.9 Å². The number of amides is 2. The zero-order valence-corrected chi connectivity index (χ0v) is 19.8. The average molecular weight is 437 g/mol. The molecule has 172 valence electrons. The van der Waals surface area contributed by atoms with E-state index in [0.717, 1.165) is 37.7 Å². The number of benzene rings is 1. The van der Waals surface area contributed by atoms with Crippen molar-refractivity contribution in [1.29, 1.82) is 0 Å². The highest BCUT2D eigenvalue weighted by Gasteiger charge is 2.60. The Morgan fingerprint density at radius 2 is 1.94 bits per heavy atom. The van der Waals surface area contributed by atoms with Gasteiger partial charge in [0.05, 0.1) is 0 Å². The lowest BCUT2D eigenvalue weighted by atomic mass is 9.48. The molecule has 5 nitrogen and oxygen atoms in total. The van der Waals surface area contributed by atoms with Gasteiger partial charge < -0.3 is 15.0 Å². The van der Waals surface area contributed by atoms with E-state index in [1.807, 2.05) is 43.1 Å². The van der Waals surface area contributed by atoms with Crippen molar-refractivity contribution < 1.29 is 14.3 Å². The average Bonchev–Trinajstić information content (AvgIpc) is 3.07. The van der Waals surface area contributed by atoms with Gasteiger partial charge >= 0.3 is 6.09 Å². The fourth-order valence-electron chi connectivity index (χ4n) is 7.93. The SMILES string of the molecule is Cc1cccc(OC(=O)N[C@H]2CC[C@H]3[C@@H]4CC[C@H]5N(C)C(=O)C=C[C@]5(C)[C@H]4CC[C@]23C)c1.